The van der Waals surface area contributed by atoms with E-state index in [1.54, 1.807) is 18.6 Å². The van der Waals surface area contributed by atoms with Gasteiger partial charge in [-0.25, -0.2) is 4.98 Å². The molecule has 0 saturated heterocycles. The molecule has 0 aliphatic rings. The maximum absolute atomic E-state index is 5.89. The lowest BCUT2D eigenvalue weighted by atomic mass is 10.0. The van der Waals surface area contributed by atoms with E-state index in [9.17, 15) is 0 Å². The number of nitrogens with zero attached hydrogens (tertiary/aromatic N) is 4. The average Bonchev–Trinajstić information content (AvgIpc) is 2.47. The number of aryl methyl sites for hydroxylation is 1. The monoisotopic (exact) mass is 275 g/mol. The van der Waals surface area contributed by atoms with Crippen molar-refractivity contribution in [2.45, 2.75) is 43.3 Å². The zero-order valence-electron chi connectivity index (χ0n) is 11.1. The topological polar surface area (TPSA) is 77.6 Å². The predicted molar refractivity (Wildman–Crippen MR) is 74.8 cm³/mol. The van der Waals surface area contributed by atoms with Gasteiger partial charge in [0.15, 0.2) is 0 Å². The largest absolute Gasteiger partial charge is 0.326 e. The molecule has 0 amide bonds. The summed E-state index contributed by atoms with van der Waals surface area (Å²) in [5.41, 5.74) is 9.21. The fourth-order valence-corrected chi connectivity index (χ4v) is 2.80. The Morgan fingerprint density at radius 3 is 2.53 bits per heavy atom. The van der Waals surface area contributed by atoms with Crippen molar-refractivity contribution in [2.24, 2.45) is 5.73 Å². The highest BCUT2D eigenvalue weighted by molar-refractivity contribution is 7.99. The van der Waals surface area contributed by atoms with Gasteiger partial charge in [0, 0.05) is 24.5 Å². The third kappa shape index (κ3) is 3.08. The summed E-state index contributed by atoms with van der Waals surface area (Å²) >= 11 is 1.46. The highest BCUT2D eigenvalue weighted by Crippen LogP contribution is 2.29. The molecular formula is C13H17N5S. The predicted octanol–water partition coefficient (Wildman–Crippen LogP) is 2.00. The quantitative estimate of drug-likeness (QED) is 0.899. The molecule has 0 radical (unpaired) electrons. The average molecular weight is 275 g/mol. The van der Waals surface area contributed by atoms with Crippen molar-refractivity contribution < 1.29 is 0 Å². The van der Waals surface area contributed by atoms with Crippen molar-refractivity contribution in [1.29, 1.82) is 0 Å². The van der Waals surface area contributed by atoms with Gasteiger partial charge >= 0.3 is 0 Å². The van der Waals surface area contributed by atoms with Crippen molar-refractivity contribution in [1.82, 2.24) is 20.2 Å². The molecule has 0 aliphatic carbocycles. The molecule has 0 bridgehead atoms. The van der Waals surface area contributed by atoms with Gasteiger partial charge in [-0.05, 0) is 30.2 Å². The normalized spacial score (nSPS) is 10.7. The molecule has 6 heteroatoms. The molecule has 0 spiro atoms. The van der Waals surface area contributed by atoms with Gasteiger partial charge in [-0.1, -0.05) is 13.8 Å². The van der Waals surface area contributed by atoms with E-state index >= 15 is 0 Å². The van der Waals surface area contributed by atoms with Crippen molar-refractivity contribution in [3.63, 3.8) is 0 Å². The van der Waals surface area contributed by atoms with Crippen LogP contribution in [0.15, 0.2) is 28.6 Å². The first kappa shape index (κ1) is 13.9. The second-order valence-corrected chi connectivity index (χ2v) is 4.97. The van der Waals surface area contributed by atoms with Gasteiger partial charge in [0.25, 0.3) is 0 Å². The minimum atomic E-state index is 0.467. The summed E-state index contributed by atoms with van der Waals surface area (Å²) in [6.45, 7) is 4.67. The zero-order chi connectivity index (χ0) is 13.7. The lowest BCUT2D eigenvalue weighted by Gasteiger charge is -2.13. The Kier molecular flexibility index (Phi) is 4.81. The molecule has 2 heterocycles. The minimum Gasteiger partial charge on any atom is -0.326 e. The first-order valence-corrected chi connectivity index (χ1v) is 7.13. The van der Waals surface area contributed by atoms with Gasteiger partial charge in [0.1, 0.15) is 10.1 Å². The van der Waals surface area contributed by atoms with Gasteiger partial charge in [-0.3, -0.25) is 4.98 Å². The Labute approximate surface area is 117 Å². The summed E-state index contributed by atoms with van der Waals surface area (Å²) in [4.78, 5) is 8.29. The summed E-state index contributed by atoms with van der Waals surface area (Å²) in [6, 6.07) is 0. The van der Waals surface area contributed by atoms with Crippen LogP contribution in [-0.4, -0.2) is 20.2 Å². The third-order valence-corrected chi connectivity index (χ3v) is 3.81. The van der Waals surface area contributed by atoms with E-state index in [0.717, 1.165) is 34.2 Å². The van der Waals surface area contributed by atoms with Crippen LogP contribution in [0.1, 0.15) is 30.7 Å². The van der Waals surface area contributed by atoms with E-state index in [1.165, 1.54) is 17.3 Å². The second-order valence-electron chi connectivity index (χ2n) is 3.97. The van der Waals surface area contributed by atoms with E-state index in [-0.39, 0.29) is 0 Å². The number of rotatable bonds is 5. The maximum Gasteiger partial charge on any atom is 0.130 e. The van der Waals surface area contributed by atoms with Crippen molar-refractivity contribution >= 4 is 11.8 Å². The lowest BCUT2D eigenvalue weighted by molar-refractivity contribution is 0.781. The first-order valence-electron chi connectivity index (χ1n) is 6.31. The molecule has 100 valence electrons. The molecule has 2 aromatic heterocycles. The summed E-state index contributed by atoms with van der Waals surface area (Å²) in [7, 11) is 0. The molecular weight excluding hydrogens is 258 g/mol. The van der Waals surface area contributed by atoms with Crippen LogP contribution in [0.5, 0.6) is 0 Å². The summed E-state index contributed by atoms with van der Waals surface area (Å²) in [6.07, 6.45) is 6.82. The first-order chi connectivity index (χ1) is 9.30. The van der Waals surface area contributed by atoms with Gasteiger partial charge in [0.2, 0.25) is 0 Å². The molecule has 19 heavy (non-hydrogen) atoms. The van der Waals surface area contributed by atoms with Gasteiger partial charge in [0.05, 0.1) is 11.9 Å². The summed E-state index contributed by atoms with van der Waals surface area (Å²) in [5.74, 6) is 0. The Bertz CT molecular complexity index is 544. The van der Waals surface area contributed by atoms with Crippen LogP contribution >= 0.6 is 11.8 Å². The molecule has 0 aliphatic heterocycles. The smallest absolute Gasteiger partial charge is 0.130 e. The second kappa shape index (κ2) is 6.58. The Hall–Kier alpha value is -1.53. The molecule has 0 atom stereocenters. The van der Waals surface area contributed by atoms with E-state index < -0.39 is 0 Å². The van der Waals surface area contributed by atoms with E-state index in [2.05, 4.69) is 34.0 Å². The summed E-state index contributed by atoms with van der Waals surface area (Å²) in [5, 5.41) is 10.2. The molecule has 5 nitrogen and oxygen atoms in total. The van der Waals surface area contributed by atoms with Crippen LogP contribution in [0, 0.1) is 0 Å². The molecule has 2 rings (SSSR count). The number of aromatic nitrogens is 4. The summed E-state index contributed by atoms with van der Waals surface area (Å²) < 4.78 is 0. The van der Waals surface area contributed by atoms with E-state index in [0.29, 0.717) is 6.54 Å². The van der Waals surface area contributed by atoms with Crippen LogP contribution < -0.4 is 5.73 Å². The third-order valence-electron chi connectivity index (χ3n) is 2.87. The Morgan fingerprint density at radius 1 is 1.11 bits per heavy atom. The molecule has 2 N–H and O–H groups in total. The van der Waals surface area contributed by atoms with E-state index in [1.807, 2.05) is 0 Å². The highest BCUT2D eigenvalue weighted by Gasteiger charge is 2.14. The standard InChI is InChI=1S/C13H17N5S/c1-3-9-10(7-14)13(18-17-11(9)4-2)19-12-8-15-5-6-16-12/h5-6,8H,3-4,7,14H2,1-2H3. The minimum absolute atomic E-state index is 0.467. The SMILES string of the molecule is CCc1nnc(Sc2cnccn2)c(CN)c1CC. The molecule has 0 aromatic carbocycles. The van der Waals surface area contributed by atoms with Gasteiger partial charge in [-0.2, -0.15) is 5.10 Å². The lowest BCUT2D eigenvalue weighted by Crippen LogP contribution is -2.10. The van der Waals surface area contributed by atoms with E-state index in [4.69, 9.17) is 5.73 Å². The fraction of sp³-hybridized carbons (Fsp3) is 0.385. The van der Waals surface area contributed by atoms with Gasteiger partial charge in [-0.15, -0.1) is 5.10 Å². The number of hydrogen-bond donors (Lipinski definition) is 1. The van der Waals surface area contributed by atoms with Crippen LogP contribution in [0.25, 0.3) is 0 Å². The molecule has 0 saturated carbocycles. The Morgan fingerprint density at radius 2 is 1.95 bits per heavy atom. The van der Waals surface area contributed by atoms with Crippen molar-refractivity contribution in [3.05, 3.63) is 35.4 Å². The molecule has 0 unspecified atom stereocenters. The highest BCUT2D eigenvalue weighted by atomic mass is 32.2. The fourth-order valence-electron chi connectivity index (χ4n) is 1.96. The number of hydrogen-bond acceptors (Lipinski definition) is 6. The van der Waals surface area contributed by atoms with Crippen molar-refractivity contribution in [3.8, 4) is 0 Å². The number of nitrogens with two attached hydrogens (primary N) is 1. The van der Waals surface area contributed by atoms with Crippen LogP contribution in [0.3, 0.4) is 0 Å². The van der Waals surface area contributed by atoms with Crippen LogP contribution in [0.4, 0.5) is 0 Å². The maximum atomic E-state index is 5.89. The van der Waals surface area contributed by atoms with Crippen LogP contribution in [0.2, 0.25) is 0 Å². The molecule has 2 aromatic rings. The molecule has 0 fully saturated rings. The zero-order valence-corrected chi connectivity index (χ0v) is 11.9. The van der Waals surface area contributed by atoms with Crippen LogP contribution in [-0.2, 0) is 19.4 Å². The Balaban J connectivity index is 2.40. The van der Waals surface area contributed by atoms with Crippen molar-refractivity contribution in [2.75, 3.05) is 0 Å². The van der Waals surface area contributed by atoms with Gasteiger partial charge < -0.3 is 5.73 Å².